The van der Waals surface area contributed by atoms with Gasteiger partial charge in [-0.3, -0.25) is 9.59 Å². The van der Waals surface area contributed by atoms with Gasteiger partial charge in [-0.25, -0.2) is 4.39 Å². The lowest BCUT2D eigenvalue weighted by Crippen LogP contribution is -2.39. The molecule has 1 fully saturated rings. The fourth-order valence-corrected chi connectivity index (χ4v) is 3.42. The lowest BCUT2D eigenvalue weighted by atomic mass is 9.93. The molecule has 1 aliphatic rings. The van der Waals surface area contributed by atoms with E-state index in [-0.39, 0.29) is 24.1 Å². The Morgan fingerprint density at radius 1 is 1.23 bits per heavy atom. The third kappa shape index (κ3) is 5.33. The van der Waals surface area contributed by atoms with E-state index in [1.807, 2.05) is 4.90 Å². The lowest BCUT2D eigenvalue weighted by Gasteiger charge is -2.31. The zero-order chi connectivity index (χ0) is 15.9. The first-order valence-corrected chi connectivity index (χ1v) is 8.41. The number of aliphatic carboxylic acids is 1. The quantitative estimate of drug-likeness (QED) is 0.817. The van der Waals surface area contributed by atoms with Crippen molar-refractivity contribution in [2.24, 2.45) is 5.92 Å². The minimum absolute atomic E-state index is 0.114. The Morgan fingerprint density at radius 2 is 1.86 bits per heavy atom. The summed E-state index contributed by atoms with van der Waals surface area (Å²) < 4.78 is 12.8. The molecule has 6 heteroatoms. The Kier molecular flexibility index (Phi) is 6.24. The van der Waals surface area contributed by atoms with Crippen LogP contribution in [0, 0.1) is 11.7 Å². The maximum Gasteiger partial charge on any atom is 0.303 e. The molecule has 2 rings (SSSR count). The topological polar surface area (TPSA) is 57.6 Å². The van der Waals surface area contributed by atoms with E-state index >= 15 is 0 Å². The molecule has 4 nitrogen and oxygen atoms in total. The van der Waals surface area contributed by atoms with Crippen LogP contribution in [-0.4, -0.2) is 40.7 Å². The zero-order valence-corrected chi connectivity index (χ0v) is 13.2. The van der Waals surface area contributed by atoms with Crippen molar-refractivity contribution >= 4 is 23.6 Å². The molecule has 1 saturated heterocycles. The number of likely N-dealkylation sites (tertiary alicyclic amines) is 1. The number of halogens is 1. The van der Waals surface area contributed by atoms with Crippen molar-refractivity contribution in [3.63, 3.8) is 0 Å². The van der Waals surface area contributed by atoms with E-state index in [0.29, 0.717) is 25.3 Å². The molecular weight excluding hydrogens is 305 g/mol. The molecule has 1 amide bonds. The number of benzene rings is 1. The number of piperidine rings is 1. The molecule has 1 aromatic rings. The van der Waals surface area contributed by atoms with Gasteiger partial charge in [-0.1, -0.05) is 0 Å². The number of hydrogen-bond donors (Lipinski definition) is 1. The van der Waals surface area contributed by atoms with E-state index in [4.69, 9.17) is 5.11 Å². The molecule has 0 aliphatic carbocycles. The van der Waals surface area contributed by atoms with Crippen LogP contribution >= 0.6 is 11.8 Å². The Bertz CT molecular complexity index is 513. The molecule has 1 aliphatic heterocycles. The van der Waals surface area contributed by atoms with Gasteiger partial charge in [0.05, 0.1) is 0 Å². The van der Waals surface area contributed by atoms with Crippen LogP contribution in [0.25, 0.3) is 0 Å². The minimum Gasteiger partial charge on any atom is -0.481 e. The third-order valence-corrected chi connectivity index (χ3v) is 4.84. The van der Waals surface area contributed by atoms with Crippen LogP contribution in [0.15, 0.2) is 29.2 Å². The molecule has 0 radical (unpaired) electrons. The lowest BCUT2D eigenvalue weighted by molar-refractivity contribution is -0.138. The van der Waals surface area contributed by atoms with Crippen LogP contribution in [-0.2, 0) is 9.59 Å². The van der Waals surface area contributed by atoms with E-state index in [1.54, 1.807) is 12.1 Å². The molecule has 22 heavy (non-hydrogen) atoms. The van der Waals surface area contributed by atoms with Gasteiger partial charge in [-0.2, -0.15) is 0 Å². The largest absolute Gasteiger partial charge is 0.481 e. The van der Waals surface area contributed by atoms with Crippen LogP contribution in [0.1, 0.15) is 25.7 Å². The fourth-order valence-electron chi connectivity index (χ4n) is 2.58. The van der Waals surface area contributed by atoms with Crippen molar-refractivity contribution in [1.82, 2.24) is 4.90 Å². The highest BCUT2D eigenvalue weighted by Gasteiger charge is 2.23. The summed E-state index contributed by atoms with van der Waals surface area (Å²) in [6.07, 6.45) is 2.18. The molecule has 0 unspecified atom stereocenters. The van der Waals surface area contributed by atoms with Crippen LogP contribution in [0.3, 0.4) is 0 Å². The Hall–Kier alpha value is -1.56. The van der Waals surface area contributed by atoms with E-state index in [2.05, 4.69) is 0 Å². The molecule has 0 bridgehead atoms. The van der Waals surface area contributed by atoms with Gasteiger partial charge in [-0.15, -0.1) is 11.8 Å². The number of carbonyl (C=O) groups is 2. The van der Waals surface area contributed by atoms with Crippen molar-refractivity contribution < 1.29 is 19.1 Å². The number of amides is 1. The fraction of sp³-hybridized carbons (Fsp3) is 0.500. The second-order valence-electron chi connectivity index (χ2n) is 5.47. The van der Waals surface area contributed by atoms with Crippen LogP contribution < -0.4 is 0 Å². The Labute approximate surface area is 133 Å². The van der Waals surface area contributed by atoms with E-state index in [1.165, 1.54) is 23.9 Å². The van der Waals surface area contributed by atoms with Gasteiger partial charge < -0.3 is 10.0 Å². The summed E-state index contributed by atoms with van der Waals surface area (Å²) in [4.78, 5) is 25.6. The van der Waals surface area contributed by atoms with Crippen molar-refractivity contribution in [2.45, 2.75) is 30.6 Å². The number of carboxylic acids is 1. The molecule has 0 saturated carbocycles. The minimum atomic E-state index is -0.763. The number of carbonyl (C=O) groups excluding carboxylic acids is 1. The smallest absolute Gasteiger partial charge is 0.303 e. The molecule has 120 valence electrons. The first kappa shape index (κ1) is 16.8. The highest BCUT2D eigenvalue weighted by molar-refractivity contribution is 7.99. The highest BCUT2D eigenvalue weighted by Crippen LogP contribution is 2.22. The summed E-state index contributed by atoms with van der Waals surface area (Å²) in [5, 5.41) is 8.78. The SMILES string of the molecule is O=C(O)CC1CCN(C(=O)CCSc2ccc(F)cc2)CC1. The summed E-state index contributed by atoms with van der Waals surface area (Å²) in [6.45, 7) is 1.30. The van der Waals surface area contributed by atoms with Crippen LogP contribution in [0.2, 0.25) is 0 Å². The number of rotatable bonds is 6. The van der Waals surface area contributed by atoms with Crippen LogP contribution in [0.5, 0.6) is 0 Å². The molecule has 1 aromatic carbocycles. The second kappa shape index (κ2) is 8.17. The van der Waals surface area contributed by atoms with Crippen LogP contribution in [0.4, 0.5) is 4.39 Å². The molecule has 1 heterocycles. The zero-order valence-electron chi connectivity index (χ0n) is 12.3. The summed E-state index contributed by atoms with van der Waals surface area (Å²) in [5.74, 6) is -0.0526. The van der Waals surface area contributed by atoms with Gasteiger partial charge in [0.1, 0.15) is 5.82 Å². The molecule has 1 N–H and O–H groups in total. The molecule has 0 spiro atoms. The van der Waals surface area contributed by atoms with E-state index in [0.717, 1.165) is 17.7 Å². The Balaban J connectivity index is 1.68. The van der Waals surface area contributed by atoms with Crippen molar-refractivity contribution in [2.75, 3.05) is 18.8 Å². The average molecular weight is 325 g/mol. The van der Waals surface area contributed by atoms with Crippen molar-refractivity contribution in [3.8, 4) is 0 Å². The predicted molar refractivity (Wildman–Crippen MR) is 83.3 cm³/mol. The monoisotopic (exact) mass is 325 g/mol. The summed E-state index contributed by atoms with van der Waals surface area (Å²) in [5.41, 5.74) is 0. The van der Waals surface area contributed by atoms with E-state index < -0.39 is 5.97 Å². The molecule has 0 aromatic heterocycles. The average Bonchev–Trinajstić information content (AvgIpc) is 2.49. The van der Waals surface area contributed by atoms with Gasteiger partial charge in [0.15, 0.2) is 0 Å². The summed E-state index contributed by atoms with van der Waals surface area (Å²) in [6, 6.07) is 6.25. The summed E-state index contributed by atoms with van der Waals surface area (Å²) in [7, 11) is 0. The van der Waals surface area contributed by atoms with Gasteiger partial charge in [0, 0.05) is 36.6 Å². The molecular formula is C16H20FNO3S. The van der Waals surface area contributed by atoms with Gasteiger partial charge >= 0.3 is 5.97 Å². The van der Waals surface area contributed by atoms with Gasteiger partial charge in [0.25, 0.3) is 0 Å². The van der Waals surface area contributed by atoms with Crippen molar-refractivity contribution in [3.05, 3.63) is 30.1 Å². The maximum absolute atomic E-state index is 12.8. The number of carboxylic acid groups (broad SMARTS) is 1. The number of hydrogen-bond acceptors (Lipinski definition) is 3. The van der Waals surface area contributed by atoms with E-state index in [9.17, 15) is 14.0 Å². The predicted octanol–water partition coefficient (Wildman–Crippen LogP) is 3.02. The maximum atomic E-state index is 12.8. The standard InChI is InChI=1S/C16H20FNO3S/c17-13-1-3-14(4-2-13)22-10-7-15(19)18-8-5-12(6-9-18)11-16(20)21/h1-4,12H,5-11H2,(H,20,21). The molecule has 0 atom stereocenters. The third-order valence-electron chi connectivity index (χ3n) is 3.83. The normalized spacial score (nSPS) is 15.8. The highest BCUT2D eigenvalue weighted by atomic mass is 32.2. The first-order chi connectivity index (χ1) is 10.5. The van der Waals surface area contributed by atoms with Gasteiger partial charge in [0.2, 0.25) is 5.91 Å². The first-order valence-electron chi connectivity index (χ1n) is 7.42. The number of thioether (sulfide) groups is 1. The van der Waals surface area contributed by atoms with Gasteiger partial charge in [-0.05, 0) is 43.0 Å². The Morgan fingerprint density at radius 3 is 2.45 bits per heavy atom. The summed E-state index contributed by atoms with van der Waals surface area (Å²) >= 11 is 1.54. The second-order valence-corrected chi connectivity index (χ2v) is 6.64. The van der Waals surface area contributed by atoms with Crippen molar-refractivity contribution in [1.29, 1.82) is 0 Å². The number of nitrogens with zero attached hydrogens (tertiary/aromatic N) is 1.